The number of hydrogen-bond acceptors (Lipinski definition) is 1. The van der Waals surface area contributed by atoms with Crippen molar-refractivity contribution >= 4 is 5.69 Å². The molecule has 0 radical (unpaired) electrons. The van der Waals surface area contributed by atoms with Gasteiger partial charge in [0.15, 0.2) is 0 Å². The van der Waals surface area contributed by atoms with Crippen molar-refractivity contribution in [2.45, 2.75) is 31.7 Å². The second-order valence-corrected chi connectivity index (χ2v) is 5.35. The van der Waals surface area contributed by atoms with Gasteiger partial charge in [0.05, 0.1) is 5.69 Å². The van der Waals surface area contributed by atoms with Crippen LogP contribution >= 0.6 is 0 Å². The number of aryl methyl sites for hydroxylation is 1. The number of benzene rings is 2. The zero-order valence-corrected chi connectivity index (χ0v) is 11.1. The van der Waals surface area contributed by atoms with Crippen molar-refractivity contribution in [3.05, 3.63) is 65.5 Å². The largest absolute Gasteiger partial charge is 0.380 e. The Labute approximate surface area is 113 Å². The van der Waals surface area contributed by atoms with Gasteiger partial charge in [-0.25, -0.2) is 4.39 Å². The van der Waals surface area contributed by atoms with E-state index in [2.05, 4.69) is 29.6 Å². The summed E-state index contributed by atoms with van der Waals surface area (Å²) in [7, 11) is 0. The molecule has 2 heteroatoms. The van der Waals surface area contributed by atoms with Crippen molar-refractivity contribution in [3.63, 3.8) is 0 Å². The first-order valence-electron chi connectivity index (χ1n) is 6.80. The number of halogens is 1. The molecule has 3 rings (SSSR count). The van der Waals surface area contributed by atoms with Crippen LogP contribution in [0.25, 0.3) is 0 Å². The smallest absolute Gasteiger partial charge is 0.146 e. The molecular weight excluding hydrogens is 237 g/mol. The van der Waals surface area contributed by atoms with Crippen LogP contribution in [0, 0.1) is 12.7 Å². The van der Waals surface area contributed by atoms with E-state index in [0.29, 0.717) is 17.6 Å². The van der Waals surface area contributed by atoms with Gasteiger partial charge in [-0.2, -0.15) is 0 Å². The highest BCUT2D eigenvalue weighted by Gasteiger charge is 2.30. The summed E-state index contributed by atoms with van der Waals surface area (Å²) >= 11 is 0. The van der Waals surface area contributed by atoms with E-state index in [0.717, 1.165) is 18.4 Å². The van der Waals surface area contributed by atoms with Gasteiger partial charge in [0.2, 0.25) is 0 Å². The number of hydrogen-bond donors (Lipinski definition) is 1. The maximum absolute atomic E-state index is 13.7. The van der Waals surface area contributed by atoms with Gasteiger partial charge in [-0.15, -0.1) is 0 Å². The Morgan fingerprint density at radius 3 is 2.42 bits per heavy atom. The Bertz CT molecular complexity index is 538. The summed E-state index contributed by atoms with van der Waals surface area (Å²) in [5.74, 6) is 0.467. The van der Waals surface area contributed by atoms with Crippen molar-refractivity contribution in [1.82, 2.24) is 0 Å². The van der Waals surface area contributed by atoms with Crippen LogP contribution in [0.3, 0.4) is 0 Å². The highest BCUT2D eigenvalue weighted by Crippen LogP contribution is 2.39. The molecule has 98 valence electrons. The first-order valence-corrected chi connectivity index (χ1v) is 6.80. The third kappa shape index (κ3) is 2.48. The van der Waals surface area contributed by atoms with E-state index in [4.69, 9.17) is 0 Å². The van der Waals surface area contributed by atoms with Gasteiger partial charge in [-0.1, -0.05) is 42.5 Å². The predicted octanol–water partition coefficient (Wildman–Crippen LogP) is 4.49. The van der Waals surface area contributed by atoms with E-state index in [-0.39, 0.29) is 5.82 Å². The van der Waals surface area contributed by atoms with Crippen molar-refractivity contribution in [2.24, 2.45) is 0 Å². The molecule has 0 unspecified atom stereocenters. The van der Waals surface area contributed by atoms with Gasteiger partial charge in [-0.3, -0.25) is 0 Å². The molecule has 2 aromatic carbocycles. The Balaban J connectivity index is 1.63. The van der Waals surface area contributed by atoms with E-state index in [1.165, 1.54) is 11.6 Å². The van der Waals surface area contributed by atoms with Crippen LogP contribution in [0.1, 0.15) is 29.9 Å². The molecule has 0 aromatic heterocycles. The predicted molar refractivity (Wildman–Crippen MR) is 77.0 cm³/mol. The van der Waals surface area contributed by atoms with Gasteiger partial charge in [0, 0.05) is 6.04 Å². The van der Waals surface area contributed by atoms with Crippen LogP contribution in [0.4, 0.5) is 10.1 Å². The number of nitrogens with one attached hydrogen (secondary N) is 1. The van der Waals surface area contributed by atoms with Crippen LogP contribution in [-0.4, -0.2) is 6.04 Å². The van der Waals surface area contributed by atoms with Crippen LogP contribution in [0.5, 0.6) is 0 Å². The quantitative estimate of drug-likeness (QED) is 0.852. The van der Waals surface area contributed by atoms with Crippen molar-refractivity contribution in [3.8, 4) is 0 Å². The van der Waals surface area contributed by atoms with E-state index in [1.54, 1.807) is 6.07 Å². The zero-order valence-electron chi connectivity index (χ0n) is 11.1. The van der Waals surface area contributed by atoms with E-state index in [9.17, 15) is 4.39 Å². The van der Waals surface area contributed by atoms with Crippen molar-refractivity contribution in [2.75, 3.05) is 5.32 Å². The Morgan fingerprint density at radius 1 is 1.00 bits per heavy atom. The number of rotatable bonds is 3. The second-order valence-electron chi connectivity index (χ2n) is 5.35. The molecular formula is C17H18FN. The maximum atomic E-state index is 13.7. The van der Waals surface area contributed by atoms with E-state index < -0.39 is 0 Å². The third-order valence-electron chi connectivity index (χ3n) is 3.98. The standard InChI is InChI=1S/C17H18FN/c1-12-6-5-9-16(18)17(12)19-15-10-14(11-15)13-7-3-2-4-8-13/h2-9,14-15,19H,10-11H2,1H3. The van der Waals surface area contributed by atoms with Gasteiger partial charge >= 0.3 is 0 Å². The van der Waals surface area contributed by atoms with Crippen molar-refractivity contribution in [1.29, 1.82) is 0 Å². The lowest BCUT2D eigenvalue weighted by Crippen LogP contribution is -2.34. The fourth-order valence-corrected chi connectivity index (χ4v) is 2.75. The number of para-hydroxylation sites is 1. The Kier molecular flexibility index (Phi) is 3.24. The van der Waals surface area contributed by atoms with Gasteiger partial charge in [-0.05, 0) is 42.9 Å². The first-order chi connectivity index (χ1) is 9.24. The highest BCUT2D eigenvalue weighted by atomic mass is 19.1. The molecule has 1 fully saturated rings. The minimum atomic E-state index is -0.150. The maximum Gasteiger partial charge on any atom is 0.146 e. The lowest BCUT2D eigenvalue weighted by atomic mass is 9.76. The first kappa shape index (κ1) is 12.2. The SMILES string of the molecule is Cc1cccc(F)c1NC1CC(c2ccccc2)C1. The molecule has 0 atom stereocenters. The minimum Gasteiger partial charge on any atom is -0.380 e. The second kappa shape index (κ2) is 5.04. The third-order valence-corrected chi connectivity index (χ3v) is 3.98. The summed E-state index contributed by atoms with van der Waals surface area (Å²) in [4.78, 5) is 0. The van der Waals surface area contributed by atoms with Gasteiger partial charge in [0.25, 0.3) is 0 Å². The van der Waals surface area contributed by atoms with Crippen LogP contribution in [-0.2, 0) is 0 Å². The summed E-state index contributed by atoms with van der Waals surface area (Å²) in [6, 6.07) is 16.2. The van der Waals surface area contributed by atoms with Crippen LogP contribution < -0.4 is 5.32 Å². The molecule has 0 heterocycles. The summed E-state index contributed by atoms with van der Waals surface area (Å²) in [6.45, 7) is 1.94. The fraction of sp³-hybridized carbons (Fsp3) is 0.294. The Hall–Kier alpha value is -1.83. The molecule has 0 saturated heterocycles. The molecule has 1 aliphatic carbocycles. The molecule has 1 saturated carbocycles. The molecule has 2 aromatic rings. The zero-order chi connectivity index (χ0) is 13.2. The van der Waals surface area contributed by atoms with E-state index >= 15 is 0 Å². The summed E-state index contributed by atoms with van der Waals surface area (Å²) < 4.78 is 13.7. The minimum absolute atomic E-state index is 0.150. The molecule has 1 nitrogen and oxygen atoms in total. The average molecular weight is 255 g/mol. The molecule has 1 aliphatic rings. The summed E-state index contributed by atoms with van der Waals surface area (Å²) in [5, 5.41) is 3.34. The lowest BCUT2D eigenvalue weighted by Gasteiger charge is -2.37. The van der Waals surface area contributed by atoms with Gasteiger partial charge in [0.1, 0.15) is 5.82 Å². The monoisotopic (exact) mass is 255 g/mol. The average Bonchev–Trinajstić information content (AvgIpc) is 2.37. The molecule has 1 N–H and O–H groups in total. The highest BCUT2D eigenvalue weighted by molar-refractivity contribution is 5.53. The van der Waals surface area contributed by atoms with Crippen LogP contribution in [0.15, 0.2) is 48.5 Å². The molecule has 0 aliphatic heterocycles. The normalized spacial score (nSPS) is 21.8. The van der Waals surface area contributed by atoms with Gasteiger partial charge < -0.3 is 5.32 Å². The number of anilines is 1. The fourth-order valence-electron chi connectivity index (χ4n) is 2.75. The molecule has 0 bridgehead atoms. The lowest BCUT2D eigenvalue weighted by molar-refractivity contribution is 0.373. The van der Waals surface area contributed by atoms with Crippen molar-refractivity contribution < 1.29 is 4.39 Å². The topological polar surface area (TPSA) is 12.0 Å². The molecule has 0 amide bonds. The summed E-state index contributed by atoms with van der Waals surface area (Å²) in [5.41, 5.74) is 3.04. The Morgan fingerprint density at radius 2 is 1.74 bits per heavy atom. The molecule has 0 spiro atoms. The summed E-state index contributed by atoms with van der Waals surface area (Å²) in [6.07, 6.45) is 2.16. The molecule has 19 heavy (non-hydrogen) atoms. The van der Waals surface area contributed by atoms with Crippen LogP contribution in [0.2, 0.25) is 0 Å². The van der Waals surface area contributed by atoms with E-state index in [1.807, 2.05) is 19.1 Å².